The largest absolute Gasteiger partial charge is 0.472 e. The van der Waals surface area contributed by atoms with Crippen LogP contribution >= 0.6 is 11.6 Å². The van der Waals surface area contributed by atoms with Gasteiger partial charge < -0.3 is 20.9 Å². The number of nitrogens with one attached hydrogen (secondary N) is 1. The van der Waals surface area contributed by atoms with Crippen molar-refractivity contribution in [2.24, 2.45) is 10.9 Å². The third kappa shape index (κ3) is 3.70. The number of ether oxygens (including phenoxy) is 1. The molecule has 1 saturated carbocycles. The Labute approximate surface area is 162 Å². The summed E-state index contributed by atoms with van der Waals surface area (Å²) in [7, 11) is 0. The van der Waals surface area contributed by atoms with Gasteiger partial charge in [0.15, 0.2) is 0 Å². The van der Waals surface area contributed by atoms with Crippen molar-refractivity contribution in [3.63, 3.8) is 0 Å². The highest BCUT2D eigenvalue weighted by Gasteiger charge is 2.28. The molecular formula is C19H22ClN5O2. The lowest BCUT2D eigenvalue weighted by Gasteiger charge is -2.21. The van der Waals surface area contributed by atoms with Crippen LogP contribution in [0.15, 0.2) is 23.2 Å². The van der Waals surface area contributed by atoms with Crippen molar-refractivity contribution in [3.05, 3.63) is 40.0 Å². The SMILES string of the molecule is Cc1ccc2c(c1)COC(c1c(Cl)nc(N)nc1NC1CCC(CO)C1)=N2. The molecule has 1 aliphatic heterocycles. The quantitative estimate of drug-likeness (QED) is 0.695. The van der Waals surface area contributed by atoms with Gasteiger partial charge in [0.2, 0.25) is 11.8 Å². The summed E-state index contributed by atoms with van der Waals surface area (Å²) >= 11 is 6.39. The Balaban J connectivity index is 1.69. The van der Waals surface area contributed by atoms with Crippen LogP contribution in [0.4, 0.5) is 17.5 Å². The van der Waals surface area contributed by atoms with Crippen molar-refractivity contribution in [3.8, 4) is 0 Å². The number of halogens is 1. The van der Waals surface area contributed by atoms with Crippen molar-refractivity contribution >= 4 is 35.0 Å². The van der Waals surface area contributed by atoms with Gasteiger partial charge in [-0.1, -0.05) is 29.3 Å². The molecule has 0 spiro atoms. The maximum atomic E-state index is 9.38. The van der Waals surface area contributed by atoms with Gasteiger partial charge in [0.05, 0.1) is 5.69 Å². The fourth-order valence-corrected chi connectivity index (χ4v) is 3.92. The third-order valence-corrected chi connectivity index (χ3v) is 5.33. The zero-order chi connectivity index (χ0) is 19.0. The number of rotatable bonds is 4. The minimum absolute atomic E-state index is 0.0930. The fourth-order valence-electron chi connectivity index (χ4n) is 3.66. The maximum Gasteiger partial charge on any atom is 0.228 e. The standard InChI is InChI=1S/C19H22ClN5O2/c1-10-2-5-14-12(6-10)9-27-18(23-14)15-16(20)24-19(21)25-17(15)22-13-4-3-11(7-13)8-26/h2,5-6,11,13,26H,3-4,7-9H2,1H3,(H3,21,22,24,25). The van der Waals surface area contributed by atoms with Gasteiger partial charge in [-0.3, -0.25) is 0 Å². The van der Waals surface area contributed by atoms with Crippen LogP contribution in [-0.4, -0.2) is 33.6 Å². The van der Waals surface area contributed by atoms with Crippen molar-refractivity contribution in [1.29, 1.82) is 0 Å². The van der Waals surface area contributed by atoms with Gasteiger partial charge >= 0.3 is 0 Å². The molecule has 1 aliphatic carbocycles. The summed E-state index contributed by atoms with van der Waals surface area (Å²) < 4.78 is 5.88. The van der Waals surface area contributed by atoms with Gasteiger partial charge in [0, 0.05) is 18.2 Å². The van der Waals surface area contributed by atoms with Crippen LogP contribution in [-0.2, 0) is 11.3 Å². The molecule has 1 aromatic carbocycles. The molecule has 2 heterocycles. The highest BCUT2D eigenvalue weighted by Crippen LogP contribution is 2.33. The molecule has 4 rings (SSSR count). The maximum absolute atomic E-state index is 9.38. The molecule has 0 amide bonds. The Kier molecular flexibility index (Phi) is 4.88. The third-order valence-electron chi connectivity index (χ3n) is 5.06. The topological polar surface area (TPSA) is 106 Å². The van der Waals surface area contributed by atoms with E-state index in [1.165, 1.54) is 0 Å². The van der Waals surface area contributed by atoms with Crippen LogP contribution in [0, 0.1) is 12.8 Å². The average molecular weight is 388 g/mol. The second-order valence-corrected chi connectivity index (χ2v) is 7.49. The summed E-state index contributed by atoms with van der Waals surface area (Å²) in [6.07, 6.45) is 2.79. The van der Waals surface area contributed by atoms with Crippen molar-refractivity contribution < 1.29 is 9.84 Å². The molecule has 27 heavy (non-hydrogen) atoms. The molecule has 4 N–H and O–H groups in total. The van der Waals surface area contributed by atoms with Crippen LogP contribution in [0.25, 0.3) is 0 Å². The van der Waals surface area contributed by atoms with E-state index in [1.54, 1.807) is 0 Å². The predicted molar refractivity (Wildman–Crippen MR) is 105 cm³/mol. The number of aliphatic hydroxyl groups is 1. The molecule has 1 fully saturated rings. The summed E-state index contributed by atoms with van der Waals surface area (Å²) in [5, 5.41) is 13.0. The molecule has 7 nitrogen and oxygen atoms in total. The first-order chi connectivity index (χ1) is 13.0. The van der Waals surface area contributed by atoms with Crippen molar-refractivity contribution in [2.75, 3.05) is 17.7 Å². The van der Waals surface area contributed by atoms with Crippen LogP contribution in [0.5, 0.6) is 0 Å². The van der Waals surface area contributed by atoms with E-state index in [0.29, 0.717) is 29.8 Å². The van der Waals surface area contributed by atoms with E-state index in [0.717, 1.165) is 36.1 Å². The van der Waals surface area contributed by atoms with Crippen LogP contribution in [0.3, 0.4) is 0 Å². The van der Waals surface area contributed by atoms with Crippen LogP contribution in [0.2, 0.25) is 5.15 Å². The molecule has 0 saturated heterocycles. The van der Waals surface area contributed by atoms with Crippen molar-refractivity contribution in [2.45, 2.75) is 38.8 Å². The number of aromatic nitrogens is 2. The average Bonchev–Trinajstić information content (AvgIpc) is 3.08. The highest BCUT2D eigenvalue weighted by atomic mass is 35.5. The monoisotopic (exact) mass is 387 g/mol. The number of aliphatic imine (C=N–C) groups is 1. The van der Waals surface area contributed by atoms with Crippen LogP contribution in [0.1, 0.15) is 36.0 Å². The minimum atomic E-state index is 0.0930. The number of aliphatic hydroxyl groups excluding tert-OH is 1. The van der Waals surface area contributed by atoms with Gasteiger partial charge in [-0.25, -0.2) is 9.98 Å². The van der Waals surface area contributed by atoms with E-state index >= 15 is 0 Å². The summed E-state index contributed by atoms with van der Waals surface area (Å²) in [6, 6.07) is 6.22. The Hall–Kier alpha value is -2.38. The summed E-state index contributed by atoms with van der Waals surface area (Å²) in [5.74, 6) is 1.30. The first-order valence-electron chi connectivity index (χ1n) is 9.05. The summed E-state index contributed by atoms with van der Waals surface area (Å²) in [6.45, 7) is 2.64. The number of benzene rings is 1. The second kappa shape index (κ2) is 7.32. The lowest BCUT2D eigenvalue weighted by Crippen LogP contribution is -2.22. The predicted octanol–water partition coefficient (Wildman–Crippen LogP) is 3.20. The number of nitrogens with two attached hydrogens (primary N) is 1. The number of hydrogen-bond acceptors (Lipinski definition) is 7. The van der Waals surface area contributed by atoms with E-state index in [9.17, 15) is 5.11 Å². The molecule has 1 aromatic heterocycles. The van der Waals surface area contributed by atoms with Gasteiger partial charge in [0.25, 0.3) is 0 Å². The van der Waals surface area contributed by atoms with E-state index in [2.05, 4.69) is 26.3 Å². The molecule has 2 atom stereocenters. The molecule has 0 bridgehead atoms. The molecule has 0 radical (unpaired) electrons. The number of fused-ring (bicyclic) bond motifs is 1. The van der Waals surface area contributed by atoms with Gasteiger partial charge in [-0.15, -0.1) is 0 Å². The Morgan fingerprint density at radius 2 is 2.19 bits per heavy atom. The Morgan fingerprint density at radius 1 is 1.33 bits per heavy atom. The number of anilines is 2. The smallest absolute Gasteiger partial charge is 0.228 e. The van der Waals surface area contributed by atoms with E-state index in [4.69, 9.17) is 22.1 Å². The highest BCUT2D eigenvalue weighted by molar-refractivity contribution is 6.33. The second-order valence-electron chi connectivity index (χ2n) is 7.14. The number of hydrogen-bond donors (Lipinski definition) is 3. The van der Waals surface area contributed by atoms with E-state index < -0.39 is 0 Å². The number of nitrogens with zero attached hydrogens (tertiary/aromatic N) is 3. The first kappa shape index (κ1) is 18.0. The minimum Gasteiger partial charge on any atom is -0.472 e. The van der Waals surface area contributed by atoms with Crippen molar-refractivity contribution in [1.82, 2.24) is 9.97 Å². The molecule has 142 valence electrons. The first-order valence-corrected chi connectivity index (χ1v) is 9.43. The van der Waals surface area contributed by atoms with Gasteiger partial charge in [0.1, 0.15) is 23.1 Å². The molecule has 2 unspecified atom stereocenters. The Bertz CT molecular complexity index is 902. The van der Waals surface area contributed by atoms with E-state index in [1.807, 2.05) is 19.1 Å². The zero-order valence-electron chi connectivity index (χ0n) is 15.1. The summed E-state index contributed by atoms with van der Waals surface area (Å²) in [4.78, 5) is 13.0. The molecule has 8 heteroatoms. The summed E-state index contributed by atoms with van der Waals surface area (Å²) in [5.41, 5.74) is 9.37. The van der Waals surface area contributed by atoms with Gasteiger partial charge in [-0.05, 0) is 38.2 Å². The number of nitrogen functional groups attached to an aromatic ring is 1. The Morgan fingerprint density at radius 3 is 2.96 bits per heavy atom. The lowest BCUT2D eigenvalue weighted by molar-refractivity contribution is 0.229. The van der Waals surface area contributed by atoms with E-state index in [-0.39, 0.29) is 23.8 Å². The zero-order valence-corrected chi connectivity index (χ0v) is 15.8. The van der Waals surface area contributed by atoms with Crippen LogP contribution < -0.4 is 11.1 Å². The normalized spacial score (nSPS) is 21.4. The molecule has 2 aromatic rings. The number of aryl methyl sites for hydroxylation is 1. The molecule has 2 aliphatic rings. The van der Waals surface area contributed by atoms with Gasteiger partial charge in [-0.2, -0.15) is 4.98 Å². The fraction of sp³-hybridized carbons (Fsp3) is 0.421. The lowest BCUT2D eigenvalue weighted by atomic mass is 10.1. The molecular weight excluding hydrogens is 366 g/mol.